The van der Waals surface area contributed by atoms with Crippen molar-refractivity contribution < 1.29 is 18.9 Å². The lowest BCUT2D eigenvalue weighted by Crippen LogP contribution is -2.31. The van der Waals surface area contributed by atoms with Crippen molar-refractivity contribution in [2.24, 2.45) is 0 Å². The molecular weight excluding hydrogens is 432 g/mol. The van der Waals surface area contributed by atoms with E-state index in [-0.39, 0.29) is 0 Å². The Morgan fingerprint density at radius 1 is 0.882 bits per heavy atom. The lowest BCUT2D eigenvalue weighted by Gasteiger charge is -2.24. The van der Waals surface area contributed by atoms with Crippen LogP contribution in [0.5, 0.6) is 23.0 Å². The summed E-state index contributed by atoms with van der Waals surface area (Å²) < 4.78 is 22.3. The molecule has 2 heterocycles. The second-order valence-corrected chi connectivity index (χ2v) is 8.33. The molecule has 8 nitrogen and oxygen atoms in total. The Balaban J connectivity index is 1.50. The molecule has 1 fully saturated rings. The zero-order valence-electron chi connectivity index (χ0n) is 20.8. The second-order valence-electron chi connectivity index (χ2n) is 8.33. The maximum Gasteiger partial charge on any atom is 0.226 e. The molecule has 0 spiro atoms. The van der Waals surface area contributed by atoms with Crippen molar-refractivity contribution in [2.45, 2.75) is 26.8 Å². The molecule has 0 radical (unpaired) electrons. The smallest absolute Gasteiger partial charge is 0.226 e. The maximum absolute atomic E-state index is 5.68. The number of anilines is 1. The number of hydrogen-bond acceptors (Lipinski definition) is 8. The predicted molar refractivity (Wildman–Crippen MR) is 134 cm³/mol. The van der Waals surface area contributed by atoms with Gasteiger partial charge >= 0.3 is 0 Å². The van der Waals surface area contributed by atoms with Crippen LogP contribution in [-0.2, 0) is 6.54 Å². The lowest BCUT2D eigenvalue weighted by atomic mass is 10.1. The van der Waals surface area contributed by atoms with E-state index in [4.69, 9.17) is 28.9 Å². The highest BCUT2D eigenvalue weighted by molar-refractivity contribution is 5.83. The molecule has 0 unspecified atom stereocenters. The zero-order valence-corrected chi connectivity index (χ0v) is 20.8. The van der Waals surface area contributed by atoms with Crippen molar-refractivity contribution in [2.75, 3.05) is 59.0 Å². The maximum atomic E-state index is 5.68. The van der Waals surface area contributed by atoms with Gasteiger partial charge in [-0.3, -0.25) is 4.90 Å². The van der Waals surface area contributed by atoms with Crippen LogP contribution in [0.1, 0.15) is 24.6 Å². The van der Waals surface area contributed by atoms with Gasteiger partial charge in [0.2, 0.25) is 11.7 Å². The number of methoxy groups -OCH3 is 3. The highest BCUT2D eigenvalue weighted by Gasteiger charge is 2.21. The van der Waals surface area contributed by atoms with Crippen LogP contribution in [0, 0.1) is 6.92 Å². The van der Waals surface area contributed by atoms with Crippen molar-refractivity contribution in [3.8, 4) is 23.0 Å². The van der Waals surface area contributed by atoms with Gasteiger partial charge in [0, 0.05) is 43.7 Å². The molecule has 34 heavy (non-hydrogen) atoms. The normalized spacial score (nSPS) is 14.7. The SMILES string of the molecule is CCOc1ccc2nc(N3CCCN(Cc4ccc(OC)c(OC)c4OC)CC3)nc(C)c2c1. The largest absolute Gasteiger partial charge is 0.494 e. The standard InChI is InChI=1S/C26H34N4O4/c1-6-34-20-9-10-22-21(16-20)18(2)27-26(28-22)30-13-7-12-29(14-15-30)17-19-8-11-23(31-3)25(33-5)24(19)32-4/h8-11,16H,6-7,12-15,17H2,1-5H3. The van der Waals surface area contributed by atoms with Gasteiger partial charge in [-0.1, -0.05) is 6.07 Å². The van der Waals surface area contributed by atoms with Crippen molar-refractivity contribution in [3.05, 3.63) is 41.6 Å². The zero-order chi connectivity index (χ0) is 24.1. The quantitative estimate of drug-likeness (QED) is 0.492. The van der Waals surface area contributed by atoms with E-state index in [1.807, 2.05) is 38.1 Å². The van der Waals surface area contributed by atoms with E-state index in [2.05, 4.69) is 15.9 Å². The van der Waals surface area contributed by atoms with E-state index in [0.29, 0.717) is 18.1 Å². The summed E-state index contributed by atoms with van der Waals surface area (Å²) in [6.07, 6.45) is 1.03. The van der Waals surface area contributed by atoms with Gasteiger partial charge in [0.25, 0.3) is 0 Å². The number of ether oxygens (including phenoxy) is 4. The molecule has 0 saturated carbocycles. The Labute approximate surface area is 201 Å². The summed E-state index contributed by atoms with van der Waals surface area (Å²) in [5.74, 6) is 3.67. The van der Waals surface area contributed by atoms with E-state index >= 15 is 0 Å². The van der Waals surface area contributed by atoms with Gasteiger partial charge in [-0.2, -0.15) is 0 Å². The second kappa shape index (κ2) is 10.8. The van der Waals surface area contributed by atoms with Crippen LogP contribution in [0.25, 0.3) is 10.9 Å². The van der Waals surface area contributed by atoms with E-state index < -0.39 is 0 Å². The lowest BCUT2D eigenvalue weighted by molar-refractivity contribution is 0.274. The summed E-state index contributed by atoms with van der Waals surface area (Å²) in [6, 6.07) is 10.0. The highest BCUT2D eigenvalue weighted by Crippen LogP contribution is 2.40. The topological polar surface area (TPSA) is 69.2 Å². The number of aromatic nitrogens is 2. The number of fused-ring (bicyclic) bond motifs is 1. The molecule has 0 atom stereocenters. The van der Waals surface area contributed by atoms with Gasteiger partial charge in [-0.05, 0) is 44.5 Å². The summed E-state index contributed by atoms with van der Waals surface area (Å²) in [5.41, 5.74) is 3.00. The Bertz CT molecular complexity index is 1140. The van der Waals surface area contributed by atoms with Crippen LogP contribution >= 0.6 is 0 Å². The molecular formula is C26H34N4O4. The number of nitrogens with zero attached hydrogens (tertiary/aromatic N) is 4. The Hall–Kier alpha value is -3.26. The molecule has 1 aliphatic heterocycles. The van der Waals surface area contributed by atoms with Crippen molar-refractivity contribution in [1.29, 1.82) is 0 Å². The van der Waals surface area contributed by atoms with Crippen LogP contribution in [-0.4, -0.2) is 69.0 Å². The average Bonchev–Trinajstić information content (AvgIpc) is 3.09. The molecule has 1 aliphatic rings. The molecule has 2 aromatic carbocycles. The first kappa shape index (κ1) is 23.9. The summed E-state index contributed by atoms with van der Waals surface area (Å²) in [4.78, 5) is 14.4. The molecule has 1 aromatic heterocycles. The first-order valence-corrected chi connectivity index (χ1v) is 11.7. The third kappa shape index (κ3) is 4.97. The van der Waals surface area contributed by atoms with Crippen molar-refractivity contribution in [3.63, 3.8) is 0 Å². The van der Waals surface area contributed by atoms with Gasteiger partial charge in [0.15, 0.2) is 11.5 Å². The first-order chi connectivity index (χ1) is 16.6. The minimum absolute atomic E-state index is 0.631. The minimum Gasteiger partial charge on any atom is -0.494 e. The highest BCUT2D eigenvalue weighted by atomic mass is 16.5. The third-order valence-corrected chi connectivity index (χ3v) is 6.21. The predicted octanol–water partition coefficient (Wildman–Crippen LogP) is 4.08. The van der Waals surface area contributed by atoms with Crippen molar-refractivity contribution in [1.82, 2.24) is 14.9 Å². The summed E-state index contributed by atoms with van der Waals surface area (Å²) in [6.45, 7) is 9.11. The fourth-order valence-electron chi connectivity index (χ4n) is 4.50. The molecule has 182 valence electrons. The fourth-order valence-corrected chi connectivity index (χ4v) is 4.50. The summed E-state index contributed by atoms with van der Waals surface area (Å²) in [7, 11) is 4.94. The first-order valence-electron chi connectivity index (χ1n) is 11.7. The van der Waals surface area contributed by atoms with Crippen LogP contribution < -0.4 is 23.8 Å². The van der Waals surface area contributed by atoms with Crippen LogP contribution in [0.4, 0.5) is 5.95 Å². The van der Waals surface area contributed by atoms with E-state index in [9.17, 15) is 0 Å². The fraction of sp³-hybridized carbons (Fsp3) is 0.462. The monoisotopic (exact) mass is 466 g/mol. The molecule has 0 amide bonds. The van der Waals surface area contributed by atoms with Gasteiger partial charge in [-0.15, -0.1) is 0 Å². The molecule has 8 heteroatoms. The van der Waals surface area contributed by atoms with Crippen molar-refractivity contribution >= 4 is 16.9 Å². The summed E-state index contributed by atoms with van der Waals surface area (Å²) in [5, 5.41) is 1.03. The van der Waals surface area contributed by atoms with E-state index in [0.717, 1.165) is 78.8 Å². The number of benzene rings is 2. The van der Waals surface area contributed by atoms with E-state index in [1.165, 1.54) is 0 Å². The van der Waals surface area contributed by atoms with Gasteiger partial charge in [-0.25, -0.2) is 9.97 Å². The van der Waals surface area contributed by atoms with Crippen LogP contribution in [0.15, 0.2) is 30.3 Å². The van der Waals surface area contributed by atoms with Gasteiger partial charge in [0.05, 0.1) is 39.1 Å². The average molecular weight is 467 g/mol. The Morgan fingerprint density at radius 2 is 1.71 bits per heavy atom. The number of aryl methyl sites for hydroxylation is 1. The van der Waals surface area contributed by atoms with Gasteiger partial charge in [0.1, 0.15) is 5.75 Å². The van der Waals surface area contributed by atoms with Crippen LogP contribution in [0.2, 0.25) is 0 Å². The number of hydrogen-bond donors (Lipinski definition) is 0. The molecule has 0 aliphatic carbocycles. The Morgan fingerprint density at radius 3 is 2.44 bits per heavy atom. The van der Waals surface area contributed by atoms with E-state index in [1.54, 1.807) is 21.3 Å². The molecule has 0 bridgehead atoms. The third-order valence-electron chi connectivity index (χ3n) is 6.21. The molecule has 1 saturated heterocycles. The molecule has 3 aromatic rings. The molecule has 0 N–H and O–H groups in total. The summed E-state index contributed by atoms with van der Waals surface area (Å²) >= 11 is 0. The van der Waals surface area contributed by atoms with Gasteiger partial charge < -0.3 is 23.8 Å². The molecule has 4 rings (SSSR count). The minimum atomic E-state index is 0.631. The Kier molecular flexibility index (Phi) is 7.57. The van der Waals surface area contributed by atoms with Crippen LogP contribution in [0.3, 0.4) is 0 Å². The number of rotatable bonds is 8.